The summed E-state index contributed by atoms with van der Waals surface area (Å²) in [6, 6.07) is 9.02. The highest BCUT2D eigenvalue weighted by molar-refractivity contribution is 7.98. The van der Waals surface area contributed by atoms with E-state index in [0.29, 0.717) is 25.5 Å². The van der Waals surface area contributed by atoms with E-state index in [0.717, 1.165) is 21.7 Å². The summed E-state index contributed by atoms with van der Waals surface area (Å²) in [7, 11) is 0. The van der Waals surface area contributed by atoms with Crippen LogP contribution < -0.4 is 10.4 Å². The van der Waals surface area contributed by atoms with E-state index in [-0.39, 0.29) is 17.6 Å². The first-order valence-electron chi connectivity index (χ1n) is 10.3. The van der Waals surface area contributed by atoms with Crippen LogP contribution in [-0.2, 0) is 10.5 Å². The number of aromatic hydroxyl groups is 1. The third-order valence-electron chi connectivity index (χ3n) is 6.14. The summed E-state index contributed by atoms with van der Waals surface area (Å²) in [5, 5.41) is 12.6. The van der Waals surface area contributed by atoms with Crippen molar-refractivity contribution in [3.05, 3.63) is 81.8 Å². The van der Waals surface area contributed by atoms with Gasteiger partial charge in [-0.1, -0.05) is 18.2 Å². The summed E-state index contributed by atoms with van der Waals surface area (Å²) >= 11 is 1.70. The second-order valence-electron chi connectivity index (χ2n) is 7.81. The van der Waals surface area contributed by atoms with Gasteiger partial charge in [-0.15, -0.1) is 11.8 Å². The van der Waals surface area contributed by atoms with Crippen LogP contribution in [0.2, 0.25) is 0 Å². The fourth-order valence-electron chi connectivity index (χ4n) is 4.68. The van der Waals surface area contributed by atoms with Gasteiger partial charge in [0.15, 0.2) is 11.4 Å². The molecule has 32 heavy (non-hydrogen) atoms. The molecule has 162 valence electrons. The van der Waals surface area contributed by atoms with E-state index >= 15 is 0 Å². The molecule has 1 fully saturated rings. The maximum atomic E-state index is 13.3. The molecule has 0 unspecified atom stereocenters. The van der Waals surface area contributed by atoms with Crippen LogP contribution in [0.3, 0.4) is 0 Å². The van der Waals surface area contributed by atoms with Crippen LogP contribution in [0, 0.1) is 0 Å². The summed E-state index contributed by atoms with van der Waals surface area (Å²) in [6.45, 7) is 1.06. The molecule has 6 rings (SSSR count). The minimum Gasteiger partial charge on any atom is -0.502 e. The Bertz CT molecular complexity index is 1250. The average Bonchev–Trinajstić information content (AvgIpc) is 2.99. The monoisotopic (exact) mass is 449 g/mol. The summed E-state index contributed by atoms with van der Waals surface area (Å²) in [5.41, 5.74) is 2.22. The Morgan fingerprint density at radius 1 is 1.16 bits per heavy atom. The number of benzene rings is 1. The van der Waals surface area contributed by atoms with Gasteiger partial charge in [-0.25, -0.2) is 9.97 Å². The second kappa shape index (κ2) is 7.35. The lowest BCUT2D eigenvalue weighted by Gasteiger charge is -2.51. The highest BCUT2D eigenvalue weighted by Crippen LogP contribution is 2.43. The lowest BCUT2D eigenvalue weighted by Crippen LogP contribution is -2.66. The summed E-state index contributed by atoms with van der Waals surface area (Å²) in [4.78, 5) is 37.1. The number of rotatable bonds is 1. The van der Waals surface area contributed by atoms with E-state index in [9.17, 15) is 14.7 Å². The molecular weight excluding hydrogens is 430 g/mol. The van der Waals surface area contributed by atoms with E-state index in [2.05, 4.69) is 22.1 Å². The largest absolute Gasteiger partial charge is 0.502 e. The predicted octanol–water partition coefficient (Wildman–Crippen LogP) is 1.49. The van der Waals surface area contributed by atoms with Crippen LogP contribution in [0.5, 0.6) is 5.75 Å². The van der Waals surface area contributed by atoms with Crippen LogP contribution in [-0.4, -0.2) is 56.5 Å². The SMILES string of the molecule is O=C1c2c(O)c(=O)ccn2N([C@@H]2c3ccccc3SCc3ncncc32)[C@@H]2COCCN12. The van der Waals surface area contributed by atoms with Gasteiger partial charge in [-0.2, -0.15) is 0 Å². The molecule has 2 aromatic heterocycles. The molecule has 1 saturated heterocycles. The topological polar surface area (TPSA) is 101 Å². The highest BCUT2D eigenvalue weighted by atomic mass is 32.2. The van der Waals surface area contributed by atoms with Crippen LogP contribution in [0.4, 0.5) is 0 Å². The van der Waals surface area contributed by atoms with E-state index in [4.69, 9.17) is 4.74 Å². The first-order valence-corrected chi connectivity index (χ1v) is 11.3. The fourth-order valence-corrected chi connectivity index (χ4v) is 5.74. The molecule has 3 aromatic rings. The summed E-state index contributed by atoms with van der Waals surface area (Å²) in [5.74, 6) is -0.246. The van der Waals surface area contributed by atoms with Gasteiger partial charge in [-0.3, -0.25) is 19.3 Å². The number of carbonyl (C=O) groups is 1. The Kier molecular flexibility index (Phi) is 4.44. The van der Waals surface area contributed by atoms with Gasteiger partial charge >= 0.3 is 0 Å². The minimum atomic E-state index is -0.586. The van der Waals surface area contributed by atoms with Crippen molar-refractivity contribution in [2.45, 2.75) is 22.9 Å². The molecule has 3 aliphatic rings. The zero-order valence-electron chi connectivity index (χ0n) is 16.9. The number of aromatic nitrogens is 3. The van der Waals surface area contributed by atoms with Gasteiger partial charge in [0.1, 0.15) is 18.5 Å². The third kappa shape index (κ3) is 2.76. The van der Waals surface area contributed by atoms with Gasteiger partial charge < -0.3 is 14.7 Å². The van der Waals surface area contributed by atoms with Crippen molar-refractivity contribution < 1.29 is 14.6 Å². The molecular formula is C22H19N5O4S. The minimum absolute atomic E-state index is 0.0385. The molecule has 1 amide bonds. The predicted molar refractivity (Wildman–Crippen MR) is 116 cm³/mol. The number of amides is 1. The molecule has 5 heterocycles. The summed E-state index contributed by atoms with van der Waals surface area (Å²) < 4.78 is 7.38. The maximum Gasteiger partial charge on any atom is 0.278 e. The van der Waals surface area contributed by atoms with Crippen molar-refractivity contribution in [2.24, 2.45) is 0 Å². The van der Waals surface area contributed by atoms with Gasteiger partial charge in [0.05, 0.1) is 18.9 Å². The number of thioether (sulfide) groups is 1. The lowest BCUT2D eigenvalue weighted by atomic mass is 9.97. The standard InChI is InChI=1S/C22H19N5O4S/c28-16-5-6-26-20(21(16)29)22(30)25-7-8-31-10-18(25)27(26)19-13-3-1-2-4-17(13)32-11-15-14(19)9-23-12-24-15/h1-6,9,12,18-19,29H,7-8,10-11H2/t18-,19-/m1/s1. The number of morpholine rings is 1. The smallest absolute Gasteiger partial charge is 0.278 e. The van der Waals surface area contributed by atoms with Crippen molar-refractivity contribution in [3.8, 4) is 5.75 Å². The molecule has 2 atom stereocenters. The number of pyridine rings is 1. The molecule has 0 radical (unpaired) electrons. The number of ether oxygens (including phenoxy) is 1. The van der Waals surface area contributed by atoms with Gasteiger partial charge in [0.2, 0.25) is 5.43 Å². The molecule has 9 nitrogen and oxygen atoms in total. The molecule has 3 aliphatic heterocycles. The van der Waals surface area contributed by atoms with Gasteiger partial charge in [0.25, 0.3) is 5.91 Å². The van der Waals surface area contributed by atoms with Gasteiger partial charge in [0, 0.05) is 41.2 Å². The van der Waals surface area contributed by atoms with Crippen molar-refractivity contribution in [1.29, 1.82) is 0 Å². The molecule has 1 N–H and O–H groups in total. The van der Waals surface area contributed by atoms with Crippen molar-refractivity contribution >= 4 is 17.7 Å². The van der Waals surface area contributed by atoms with Crippen LogP contribution in [0.25, 0.3) is 0 Å². The molecule has 0 saturated carbocycles. The fraction of sp³-hybridized carbons (Fsp3) is 0.273. The molecule has 0 aliphatic carbocycles. The Morgan fingerprint density at radius 2 is 2.03 bits per heavy atom. The van der Waals surface area contributed by atoms with Crippen molar-refractivity contribution in [1.82, 2.24) is 19.5 Å². The van der Waals surface area contributed by atoms with Crippen LogP contribution in [0.1, 0.15) is 33.4 Å². The Morgan fingerprint density at radius 3 is 2.94 bits per heavy atom. The van der Waals surface area contributed by atoms with E-state index in [1.165, 1.54) is 6.07 Å². The zero-order valence-corrected chi connectivity index (χ0v) is 17.7. The Balaban J connectivity index is 1.66. The zero-order chi connectivity index (χ0) is 21.8. The Hall–Kier alpha value is -3.37. The van der Waals surface area contributed by atoms with E-state index < -0.39 is 17.3 Å². The number of fused-ring (bicyclic) bond motifs is 4. The Labute approximate surface area is 187 Å². The van der Waals surface area contributed by atoms with E-state index in [1.54, 1.807) is 33.9 Å². The van der Waals surface area contributed by atoms with Crippen LogP contribution in [0.15, 0.2) is 58.7 Å². The molecule has 1 aromatic carbocycles. The highest BCUT2D eigenvalue weighted by Gasteiger charge is 2.45. The molecule has 10 heteroatoms. The lowest BCUT2D eigenvalue weighted by molar-refractivity contribution is -0.0198. The van der Waals surface area contributed by atoms with Crippen LogP contribution >= 0.6 is 11.8 Å². The quantitative estimate of drug-likeness (QED) is 0.597. The maximum absolute atomic E-state index is 13.3. The normalized spacial score (nSPS) is 21.8. The van der Waals surface area contributed by atoms with Crippen molar-refractivity contribution in [3.63, 3.8) is 0 Å². The van der Waals surface area contributed by atoms with Gasteiger partial charge in [-0.05, 0) is 11.6 Å². The molecule has 0 bridgehead atoms. The van der Waals surface area contributed by atoms with Crippen molar-refractivity contribution in [2.75, 3.05) is 24.8 Å². The first-order chi connectivity index (χ1) is 15.6. The summed E-state index contributed by atoms with van der Waals surface area (Å²) in [6.07, 6.45) is 4.46. The first kappa shape index (κ1) is 19.3. The average molecular weight is 449 g/mol. The number of nitrogens with zero attached hydrogens (tertiary/aromatic N) is 5. The number of hydrogen-bond donors (Lipinski definition) is 1. The second-order valence-corrected chi connectivity index (χ2v) is 8.83. The number of carbonyl (C=O) groups excluding carboxylic acids is 1. The van der Waals surface area contributed by atoms with E-state index in [1.807, 2.05) is 23.3 Å². The molecule has 0 spiro atoms. The number of hydrogen-bond acceptors (Lipinski definition) is 8. The third-order valence-corrected chi connectivity index (χ3v) is 7.24.